The van der Waals surface area contributed by atoms with Gasteiger partial charge in [-0.15, -0.1) is 0 Å². The number of ether oxygens (including phenoxy) is 1. The molecular formula is C41H65NO4Si. The van der Waals surface area contributed by atoms with Gasteiger partial charge >= 0.3 is 6.09 Å². The second-order valence-electron chi connectivity index (χ2n) is 18.5. The van der Waals surface area contributed by atoms with Gasteiger partial charge in [0, 0.05) is 5.92 Å². The third kappa shape index (κ3) is 6.41. The SMILES string of the molecule is CC[C@H]1[C@@H](O[Si](C)(C)C)[C@@H]2[C@H](CC[C@]3(C)[C@@H]([C@H](C)C[C@@H](C)C(=O)N4C(=O)OC[C@H]4Cc4ccccc4)CC[C@@H]23)[C@@]2(C)CC[C@@H](C)C[C@@H]12. The average Bonchev–Trinajstić information content (AvgIpc) is 3.56. The van der Waals surface area contributed by atoms with E-state index in [2.05, 4.69) is 66.4 Å². The Balaban J connectivity index is 1.21. The van der Waals surface area contributed by atoms with Gasteiger partial charge in [0.05, 0.1) is 12.1 Å². The molecule has 4 aliphatic carbocycles. The Kier molecular flexibility index (Phi) is 9.90. The average molecular weight is 664 g/mol. The highest BCUT2D eigenvalue weighted by atomic mass is 28.4. The van der Waals surface area contributed by atoms with Crippen LogP contribution in [0.2, 0.25) is 19.6 Å². The van der Waals surface area contributed by atoms with Crippen LogP contribution in [0.3, 0.4) is 0 Å². The second-order valence-corrected chi connectivity index (χ2v) is 23.0. The zero-order chi connectivity index (χ0) is 33.9. The van der Waals surface area contributed by atoms with Crippen molar-refractivity contribution >= 4 is 20.3 Å². The molecule has 0 N–H and O–H groups in total. The van der Waals surface area contributed by atoms with Crippen LogP contribution in [0.25, 0.3) is 0 Å². The van der Waals surface area contributed by atoms with Gasteiger partial charge in [-0.25, -0.2) is 9.69 Å². The molecule has 1 saturated heterocycles. The van der Waals surface area contributed by atoms with Gasteiger partial charge in [0.25, 0.3) is 0 Å². The van der Waals surface area contributed by atoms with Crippen LogP contribution in [0.1, 0.15) is 105 Å². The number of fused-ring (bicyclic) bond motifs is 5. The molecule has 262 valence electrons. The fraction of sp³-hybridized carbons (Fsp3) is 0.805. The molecule has 4 saturated carbocycles. The van der Waals surface area contributed by atoms with E-state index in [1.165, 1.54) is 56.3 Å². The Hall–Kier alpha value is -1.66. The first-order valence-electron chi connectivity index (χ1n) is 19.4. The van der Waals surface area contributed by atoms with Gasteiger partial charge in [0.15, 0.2) is 8.32 Å². The molecule has 1 heterocycles. The molecule has 0 spiro atoms. The third-order valence-electron chi connectivity index (χ3n) is 14.6. The maximum absolute atomic E-state index is 13.9. The predicted octanol–water partition coefficient (Wildman–Crippen LogP) is 10.00. The molecular weight excluding hydrogens is 599 g/mol. The quantitative estimate of drug-likeness (QED) is 0.247. The number of hydrogen-bond donors (Lipinski definition) is 0. The number of cyclic esters (lactones) is 1. The van der Waals surface area contributed by atoms with E-state index in [0.29, 0.717) is 47.5 Å². The number of rotatable bonds is 9. The van der Waals surface area contributed by atoms with Gasteiger partial charge in [0.2, 0.25) is 5.91 Å². The summed E-state index contributed by atoms with van der Waals surface area (Å²) in [6.07, 6.45) is 12.0. The normalized spacial score (nSPS) is 41.4. The van der Waals surface area contributed by atoms with Gasteiger partial charge in [-0.1, -0.05) is 84.7 Å². The van der Waals surface area contributed by atoms with E-state index in [9.17, 15) is 9.59 Å². The van der Waals surface area contributed by atoms with Gasteiger partial charge in [-0.2, -0.15) is 0 Å². The van der Waals surface area contributed by atoms with E-state index < -0.39 is 14.4 Å². The van der Waals surface area contributed by atoms with Crippen molar-refractivity contribution in [1.29, 1.82) is 0 Å². The Morgan fingerprint density at radius 3 is 2.36 bits per heavy atom. The van der Waals surface area contributed by atoms with Crippen LogP contribution in [0.15, 0.2) is 30.3 Å². The van der Waals surface area contributed by atoms with E-state index in [0.717, 1.165) is 29.7 Å². The van der Waals surface area contributed by atoms with Gasteiger partial charge in [-0.3, -0.25) is 4.79 Å². The number of nitrogens with zero attached hydrogens (tertiary/aromatic N) is 1. The summed E-state index contributed by atoms with van der Waals surface area (Å²) < 4.78 is 12.8. The highest BCUT2D eigenvalue weighted by molar-refractivity contribution is 6.69. The maximum Gasteiger partial charge on any atom is 0.416 e. The zero-order valence-corrected chi connectivity index (χ0v) is 32.1. The van der Waals surface area contributed by atoms with E-state index >= 15 is 0 Å². The first kappa shape index (κ1) is 35.2. The number of carbonyl (C=O) groups is 2. The molecule has 0 unspecified atom stereocenters. The summed E-state index contributed by atoms with van der Waals surface area (Å²) in [7, 11) is -1.75. The lowest BCUT2D eigenvalue weighted by molar-refractivity contribution is -0.193. The van der Waals surface area contributed by atoms with Crippen LogP contribution in [0.4, 0.5) is 4.79 Å². The molecule has 0 bridgehead atoms. The standard InChI is InChI=1S/C41H65NO4Si/c1-10-31-35-22-26(2)18-20-41(35,6)34-19-21-40(5)32(16-17-33(40)36(34)37(31)46-47(7,8)9)27(3)23-28(4)38(43)42-30(25-45-39(42)44)24-29-14-12-11-13-15-29/h11-15,26-28,30-37H,10,16-25H2,1-9H3/t26-,27-,28-,30-,31-,32-,33+,34+,35+,36+,37-,40-,41-/m1/s1. The Morgan fingerprint density at radius 2 is 1.68 bits per heavy atom. The molecule has 6 heteroatoms. The molecule has 13 atom stereocenters. The van der Waals surface area contributed by atoms with Gasteiger partial charge in [0.1, 0.15) is 6.61 Å². The highest BCUT2D eigenvalue weighted by Crippen LogP contribution is 2.70. The molecule has 2 amide bonds. The summed E-state index contributed by atoms with van der Waals surface area (Å²) in [5.74, 6) is 5.13. The monoisotopic (exact) mass is 663 g/mol. The van der Waals surface area contributed by atoms with Crippen molar-refractivity contribution in [3.05, 3.63) is 35.9 Å². The summed E-state index contributed by atoms with van der Waals surface area (Å²) in [6.45, 7) is 22.2. The van der Waals surface area contributed by atoms with E-state index in [-0.39, 0.29) is 29.9 Å². The van der Waals surface area contributed by atoms with Crippen molar-refractivity contribution in [3.63, 3.8) is 0 Å². The minimum atomic E-state index is -1.75. The topological polar surface area (TPSA) is 55.8 Å². The molecule has 5 aliphatic rings. The van der Waals surface area contributed by atoms with Crippen molar-refractivity contribution in [2.24, 2.45) is 64.1 Å². The minimum absolute atomic E-state index is 0.0594. The van der Waals surface area contributed by atoms with Crippen LogP contribution in [0, 0.1) is 64.1 Å². The first-order chi connectivity index (χ1) is 22.2. The number of benzene rings is 1. The fourth-order valence-electron chi connectivity index (χ4n) is 12.5. The Bertz CT molecular complexity index is 1280. The maximum atomic E-state index is 13.9. The second kappa shape index (κ2) is 13.2. The van der Waals surface area contributed by atoms with E-state index in [4.69, 9.17) is 9.16 Å². The first-order valence-corrected chi connectivity index (χ1v) is 22.8. The zero-order valence-electron chi connectivity index (χ0n) is 31.1. The molecule has 6 rings (SSSR count). The largest absolute Gasteiger partial charge is 0.447 e. The summed E-state index contributed by atoms with van der Waals surface area (Å²) in [6, 6.07) is 9.91. The lowest BCUT2D eigenvalue weighted by atomic mass is 9.41. The number of amides is 2. The van der Waals surface area contributed by atoms with Crippen LogP contribution >= 0.6 is 0 Å². The van der Waals surface area contributed by atoms with Gasteiger partial charge in [-0.05, 0) is 135 Å². The van der Waals surface area contributed by atoms with Crippen molar-refractivity contribution in [2.45, 2.75) is 138 Å². The molecule has 1 aromatic rings. The highest BCUT2D eigenvalue weighted by Gasteiger charge is 2.65. The Morgan fingerprint density at radius 1 is 1.00 bits per heavy atom. The lowest BCUT2D eigenvalue weighted by Gasteiger charge is -2.66. The van der Waals surface area contributed by atoms with Crippen LogP contribution in [-0.4, -0.2) is 44.0 Å². The third-order valence-corrected chi connectivity index (χ3v) is 15.5. The number of carbonyl (C=O) groups excluding carboxylic acids is 2. The number of hydrogen-bond acceptors (Lipinski definition) is 4. The van der Waals surface area contributed by atoms with Gasteiger partial charge < -0.3 is 9.16 Å². The molecule has 0 aromatic heterocycles. The molecule has 5 nitrogen and oxygen atoms in total. The Labute approximate surface area is 287 Å². The predicted molar refractivity (Wildman–Crippen MR) is 192 cm³/mol. The molecule has 1 aromatic carbocycles. The molecule has 0 radical (unpaired) electrons. The summed E-state index contributed by atoms with van der Waals surface area (Å²) in [5.41, 5.74) is 1.84. The fourth-order valence-corrected chi connectivity index (χ4v) is 13.7. The summed E-state index contributed by atoms with van der Waals surface area (Å²) in [4.78, 5) is 28.2. The van der Waals surface area contributed by atoms with Crippen molar-refractivity contribution in [2.75, 3.05) is 6.61 Å². The summed E-state index contributed by atoms with van der Waals surface area (Å²) >= 11 is 0. The molecule has 1 aliphatic heterocycles. The molecule has 47 heavy (non-hydrogen) atoms. The van der Waals surface area contributed by atoms with Crippen molar-refractivity contribution in [3.8, 4) is 0 Å². The lowest BCUT2D eigenvalue weighted by Crippen LogP contribution is -2.63. The smallest absolute Gasteiger partial charge is 0.416 e. The van der Waals surface area contributed by atoms with Crippen LogP contribution in [0.5, 0.6) is 0 Å². The number of imide groups is 1. The van der Waals surface area contributed by atoms with Crippen molar-refractivity contribution < 1.29 is 18.8 Å². The minimum Gasteiger partial charge on any atom is -0.447 e. The van der Waals surface area contributed by atoms with E-state index in [1.807, 2.05) is 25.1 Å². The van der Waals surface area contributed by atoms with Crippen LogP contribution in [-0.2, 0) is 20.4 Å². The van der Waals surface area contributed by atoms with Crippen LogP contribution < -0.4 is 0 Å². The molecule has 5 fully saturated rings. The van der Waals surface area contributed by atoms with Crippen molar-refractivity contribution in [1.82, 2.24) is 4.90 Å². The van der Waals surface area contributed by atoms with E-state index in [1.54, 1.807) is 0 Å². The summed E-state index contributed by atoms with van der Waals surface area (Å²) in [5, 5.41) is 0.